The largest absolute Gasteiger partial charge is 0.380 e. The maximum absolute atomic E-state index is 5.29. The van der Waals surface area contributed by atoms with E-state index in [0.29, 0.717) is 6.04 Å². The molecule has 0 spiro atoms. The minimum atomic E-state index is 0.368. The van der Waals surface area contributed by atoms with E-state index in [-0.39, 0.29) is 0 Å². The second-order valence-electron chi connectivity index (χ2n) is 3.88. The van der Waals surface area contributed by atoms with Gasteiger partial charge in [0.25, 0.3) is 0 Å². The molecular weight excluding hydrogens is 266 g/mol. The second kappa shape index (κ2) is 7.05. The Kier molecular flexibility index (Phi) is 6.03. The zero-order valence-corrected chi connectivity index (χ0v) is 11.8. The first-order chi connectivity index (χ1) is 7.65. The lowest BCUT2D eigenvalue weighted by Gasteiger charge is -2.15. The van der Waals surface area contributed by atoms with E-state index in [1.807, 2.05) is 6.92 Å². The van der Waals surface area contributed by atoms with Gasteiger partial charge in [0.1, 0.15) is 0 Å². The van der Waals surface area contributed by atoms with Crippen LogP contribution in [0.25, 0.3) is 0 Å². The van der Waals surface area contributed by atoms with E-state index >= 15 is 0 Å². The zero-order valence-electron chi connectivity index (χ0n) is 10.2. The van der Waals surface area contributed by atoms with Crippen molar-refractivity contribution in [3.05, 3.63) is 33.8 Å². The van der Waals surface area contributed by atoms with E-state index in [2.05, 4.69) is 53.3 Å². The van der Waals surface area contributed by atoms with Crippen LogP contribution in [0.3, 0.4) is 0 Å². The van der Waals surface area contributed by atoms with Crippen LogP contribution < -0.4 is 5.32 Å². The van der Waals surface area contributed by atoms with E-state index in [9.17, 15) is 0 Å². The summed E-state index contributed by atoms with van der Waals surface area (Å²) in [7, 11) is 0. The van der Waals surface area contributed by atoms with E-state index in [1.54, 1.807) is 0 Å². The Hall–Kier alpha value is -0.380. The van der Waals surface area contributed by atoms with Gasteiger partial charge in [0.05, 0.1) is 6.61 Å². The summed E-state index contributed by atoms with van der Waals surface area (Å²) in [4.78, 5) is 0. The van der Waals surface area contributed by atoms with Gasteiger partial charge in [-0.3, -0.25) is 0 Å². The molecule has 3 heteroatoms. The zero-order chi connectivity index (χ0) is 12.0. The molecule has 0 fully saturated rings. The minimum Gasteiger partial charge on any atom is -0.380 e. The topological polar surface area (TPSA) is 21.3 Å². The van der Waals surface area contributed by atoms with Crippen molar-refractivity contribution >= 4 is 15.9 Å². The predicted molar refractivity (Wildman–Crippen MR) is 71.8 cm³/mol. The SMILES string of the molecule is CCOCCNC(C)c1ccc(Br)c(C)c1. The molecule has 0 radical (unpaired) electrons. The first-order valence-electron chi connectivity index (χ1n) is 5.72. The Labute approximate surface area is 107 Å². The van der Waals surface area contributed by atoms with Crippen molar-refractivity contribution in [3.8, 4) is 0 Å². The van der Waals surface area contributed by atoms with Crippen LogP contribution in [0, 0.1) is 6.92 Å². The number of hydrogen-bond acceptors (Lipinski definition) is 2. The summed E-state index contributed by atoms with van der Waals surface area (Å²) in [6, 6.07) is 6.83. The fourth-order valence-electron chi connectivity index (χ4n) is 1.55. The van der Waals surface area contributed by atoms with Gasteiger partial charge in [-0.15, -0.1) is 0 Å². The summed E-state index contributed by atoms with van der Waals surface area (Å²) in [6.07, 6.45) is 0. The van der Waals surface area contributed by atoms with Crippen molar-refractivity contribution in [1.82, 2.24) is 5.32 Å². The molecule has 1 aromatic carbocycles. The molecule has 0 saturated heterocycles. The van der Waals surface area contributed by atoms with Gasteiger partial charge in [0.2, 0.25) is 0 Å². The van der Waals surface area contributed by atoms with Crippen LogP contribution in [0.4, 0.5) is 0 Å². The van der Waals surface area contributed by atoms with Gasteiger partial charge in [0, 0.05) is 23.7 Å². The average molecular weight is 286 g/mol. The molecule has 1 aromatic rings. The number of benzene rings is 1. The summed E-state index contributed by atoms with van der Waals surface area (Å²) in [5.41, 5.74) is 2.59. The maximum Gasteiger partial charge on any atom is 0.0590 e. The van der Waals surface area contributed by atoms with E-state index in [0.717, 1.165) is 24.2 Å². The van der Waals surface area contributed by atoms with E-state index in [1.165, 1.54) is 11.1 Å². The van der Waals surface area contributed by atoms with Gasteiger partial charge in [-0.05, 0) is 38.0 Å². The van der Waals surface area contributed by atoms with Crippen molar-refractivity contribution in [2.45, 2.75) is 26.8 Å². The molecule has 1 N–H and O–H groups in total. The van der Waals surface area contributed by atoms with Crippen molar-refractivity contribution in [2.24, 2.45) is 0 Å². The van der Waals surface area contributed by atoms with Gasteiger partial charge < -0.3 is 10.1 Å². The Balaban J connectivity index is 2.46. The van der Waals surface area contributed by atoms with Crippen LogP contribution in [0.2, 0.25) is 0 Å². The first kappa shape index (κ1) is 13.7. The summed E-state index contributed by atoms with van der Waals surface area (Å²) in [5.74, 6) is 0. The van der Waals surface area contributed by atoms with Gasteiger partial charge in [-0.2, -0.15) is 0 Å². The molecule has 0 aliphatic carbocycles. The average Bonchev–Trinajstić information content (AvgIpc) is 2.28. The predicted octanol–water partition coefficient (Wildman–Crippen LogP) is 3.44. The van der Waals surface area contributed by atoms with Gasteiger partial charge in [-0.25, -0.2) is 0 Å². The molecule has 1 atom stereocenters. The fourth-order valence-corrected chi connectivity index (χ4v) is 1.79. The third-order valence-electron chi connectivity index (χ3n) is 2.58. The molecule has 16 heavy (non-hydrogen) atoms. The molecule has 0 amide bonds. The van der Waals surface area contributed by atoms with Crippen LogP contribution in [0.15, 0.2) is 22.7 Å². The van der Waals surface area contributed by atoms with Gasteiger partial charge in [-0.1, -0.05) is 28.1 Å². The van der Waals surface area contributed by atoms with Gasteiger partial charge in [0.15, 0.2) is 0 Å². The van der Waals surface area contributed by atoms with Crippen LogP contribution in [0.5, 0.6) is 0 Å². The monoisotopic (exact) mass is 285 g/mol. The van der Waals surface area contributed by atoms with Crippen LogP contribution >= 0.6 is 15.9 Å². The smallest absolute Gasteiger partial charge is 0.0590 e. The molecule has 0 saturated carbocycles. The maximum atomic E-state index is 5.29. The highest BCUT2D eigenvalue weighted by atomic mass is 79.9. The number of hydrogen-bond donors (Lipinski definition) is 1. The molecule has 90 valence electrons. The quantitative estimate of drug-likeness (QED) is 0.809. The molecule has 0 aromatic heterocycles. The number of nitrogens with one attached hydrogen (secondary N) is 1. The van der Waals surface area contributed by atoms with E-state index in [4.69, 9.17) is 4.74 Å². The fraction of sp³-hybridized carbons (Fsp3) is 0.538. The van der Waals surface area contributed by atoms with Crippen molar-refractivity contribution in [3.63, 3.8) is 0 Å². The normalized spacial score (nSPS) is 12.8. The van der Waals surface area contributed by atoms with Gasteiger partial charge >= 0.3 is 0 Å². The molecule has 1 rings (SSSR count). The summed E-state index contributed by atoms with van der Waals surface area (Å²) in [5, 5.41) is 3.44. The highest BCUT2D eigenvalue weighted by Gasteiger charge is 2.05. The minimum absolute atomic E-state index is 0.368. The Morgan fingerprint density at radius 2 is 2.19 bits per heavy atom. The van der Waals surface area contributed by atoms with Crippen LogP contribution in [-0.4, -0.2) is 19.8 Å². The van der Waals surface area contributed by atoms with Crippen LogP contribution in [0.1, 0.15) is 31.0 Å². The summed E-state index contributed by atoms with van der Waals surface area (Å²) in [6.45, 7) is 8.75. The summed E-state index contributed by atoms with van der Waals surface area (Å²) >= 11 is 3.51. The Bertz CT molecular complexity index is 328. The molecule has 1 unspecified atom stereocenters. The lowest BCUT2D eigenvalue weighted by atomic mass is 10.1. The molecule has 0 bridgehead atoms. The van der Waals surface area contributed by atoms with E-state index < -0.39 is 0 Å². The molecule has 0 aliphatic rings. The number of halogens is 1. The molecule has 0 heterocycles. The Morgan fingerprint density at radius 1 is 1.44 bits per heavy atom. The Morgan fingerprint density at radius 3 is 2.81 bits per heavy atom. The number of aryl methyl sites for hydroxylation is 1. The molecule has 0 aliphatic heterocycles. The third kappa shape index (κ3) is 4.24. The highest BCUT2D eigenvalue weighted by Crippen LogP contribution is 2.20. The van der Waals surface area contributed by atoms with Crippen LogP contribution in [-0.2, 0) is 4.74 Å². The molecular formula is C13H20BrNO. The standard InChI is InChI=1S/C13H20BrNO/c1-4-16-8-7-15-11(3)12-5-6-13(14)10(2)9-12/h5-6,9,11,15H,4,7-8H2,1-3H3. The van der Waals surface area contributed by atoms with Crippen molar-refractivity contribution < 1.29 is 4.74 Å². The first-order valence-corrected chi connectivity index (χ1v) is 6.51. The summed E-state index contributed by atoms with van der Waals surface area (Å²) < 4.78 is 6.46. The second-order valence-corrected chi connectivity index (χ2v) is 4.74. The van der Waals surface area contributed by atoms with Crippen molar-refractivity contribution in [1.29, 1.82) is 0 Å². The lowest BCUT2D eigenvalue weighted by molar-refractivity contribution is 0.147. The number of rotatable bonds is 6. The molecule has 2 nitrogen and oxygen atoms in total. The lowest BCUT2D eigenvalue weighted by Crippen LogP contribution is -2.23. The third-order valence-corrected chi connectivity index (χ3v) is 3.47. The highest BCUT2D eigenvalue weighted by molar-refractivity contribution is 9.10. The number of ether oxygens (including phenoxy) is 1. The van der Waals surface area contributed by atoms with Crippen molar-refractivity contribution in [2.75, 3.05) is 19.8 Å².